The fraction of sp³-hybridized carbons (Fsp3) is 0.333. The molecule has 172 valence electrons. The SMILES string of the molecule is CC(C)(F)c1nc(C(F)F)c(C(=O)N2CCc3[nH]cnc3[C@H]2c2cc3cccc(Cl)n3n2)o1. The predicted octanol–water partition coefficient (Wildman–Crippen LogP) is 4.63. The first-order chi connectivity index (χ1) is 15.6. The van der Waals surface area contributed by atoms with Crippen LogP contribution in [-0.4, -0.2) is 41.9 Å². The topological polar surface area (TPSA) is 92.3 Å². The van der Waals surface area contributed by atoms with Gasteiger partial charge in [-0.15, -0.1) is 0 Å². The van der Waals surface area contributed by atoms with Crippen molar-refractivity contribution in [2.24, 2.45) is 0 Å². The van der Waals surface area contributed by atoms with Crippen LogP contribution in [-0.2, 0) is 12.1 Å². The van der Waals surface area contributed by atoms with Gasteiger partial charge in [0.1, 0.15) is 11.2 Å². The van der Waals surface area contributed by atoms with E-state index >= 15 is 0 Å². The smallest absolute Gasteiger partial charge is 0.292 e. The first-order valence-electron chi connectivity index (χ1n) is 10.1. The van der Waals surface area contributed by atoms with E-state index < -0.39 is 41.4 Å². The van der Waals surface area contributed by atoms with Crippen LogP contribution in [0.4, 0.5) is 13.2 Å². The van der Waals surface area contributed by atoms with Crippen LogP contribution in [0.2, 0.25) is 5.15 Å². The lowest BCUT2D eigenvalue weighted by Gasteiger charge is -2.33. The fourth-order valence-corrected chi connectivity index (χ4v) is 4.16. The van der Waals surface area contributed by atoms with Gasteiger partial charge in [-0.1, -0.05) is 17.7 Å². The third kappa shape index (κ3) is 3.56. The Bertz CT molecular complexity index is 1360. The number of oxazole rings is 1. The zero-order chi connectivity index (χ0) is 23.5. The second-order valence-corrected chi connectivity index (χ2v) is 8.57. The summed E-state index contributed by atoms with van der Waals surface area (Å²) in [5.74, 6) is -2.14. The fourth-order valence-electron chi connectivity index (χ4n) is 3.95. The summed E-state index contributed by atoms with van der Waals surface area (Å²) < 4.78 is 48.5. The van der Waals surface area contributed by atoms with Crippen LogP contribution in [0, 0.1) is 0 Å². The molecule has 4 aromatic heterocycles. The molecule has 4 aromatic rings. The van der Waals surface area contributed by atoms with E-state index in [9.17, 15) is 18.0 Å². The Labute approximate surface area is 190 Å². The molecule has 0 aromatic carbocycles. The molecule has 0 spiro atoms. The van der Waals surface area contributed by atoms with Gasteiger partial charge in [0.2, 0.25) is 11.7 Å². The molecular formula is C21H18ClF3N6O2. The summed E-state index contributed by atoms with van der Waals surface area (Å²) in [5, 5.41) is 4.89. The van der Waals surface area contributed by atoms with Crippen molar-refractivity contribution in [1.29, 1.82) is 0 Å². The zero-order valence-corrected chi connectivity index (χ0v) is 18.3. The average molecular weight is 479 g/mol. The summed E-state index contributed by atoms with van der Waals surface area (Å²) in [5.41, 5.74) is -0.597. The minimum Gasteiger partial charge on any atom is -0.431 e. The van der Waals surface area contributed by atoms with Gasteiger partial charge in [0.05, 0.1) is 23.2 Å². The molecule has 1 aliphatic rings. The molecule has 33 heavy (non-hydrogen) atoms. The Morgan fingerprint density at radius 2 is 2.15 bits per heavy atom. The van der Waals surface area contributed by atoms with Gasteiger partial charge in [-0.2, -0.15) is 5.10 Å². The number of amides is 1. The Morgan fingerprint density at radius 1 is 1.36 bits per heavy atom. The summed E-state index contributed by atoms with van der Waals surface area (Å²) in [6, 6.07) is 6.16. The van der Waals surface area contributed by atoms with Gasteiger partial charge in [-0.3, -0.25) is 4.79 Å². The lowest BCUT2D eigenvalue weighted by atomic mass is 9.99. The van der Waals surface area contributed by atoms with Gasteiger partial charge in [-0.05, 0) is 32.0 Å². The monoisotopic (exact) mass is 478 g/mol. The largest absolute Gasteiger partial charge is 0.431 e. The van der Waals surface area contributed by atoms with Crippen molar-refractivity contribution in [3.8, 4) is 0 Å². The van der Waals surface area contributed by atoms with E-state index in [1.54, 1.807) is 24.3 Å². The Kier molecular flexibility index (Phi) is 4.96. The molecule has 1 aliphatic heterocycles. The molecule has 0 unspecified atom stereocenters. The van der Waals surface area contributed by atoms with Crippen molar-refractivity contribution < 1.29 is 22.4 Å². The number of carbonyl (C=O) groups is 1. The minimum atomic E-state index is -3.12. The highest BCUT2D eigenvalue weighted by Crippen LogP contribution is 2.37. The summed E-state index contributed by atoms with van der Waals surface area (Å²) in [6.07, 6.45) is -1.22. The number of hydrogen-bond acceptors (Lipinski definition) is 5. The predicted molar refractivity (Wildman–Crippen MR) is 111 cm³/mol. The quantitative estimate of drug-likeness (QED) is 0.432. The van der Waals surface area contributed by atoms with Crippen molar-refractivity contribution in [3.63, 3.8) is 0 Å². The molecule has 1 N–H and O–H groups in total. The standard InChI is InChI=1S/C21H18ClF3N6O2/c1-21(2,25)20-28-15(18(23)24)17(33-20)19(32)30-7-6-11-14(27-9-26-11)16(30)12-8-10-4-3-5-13(22)31(10)29-12/h3-5,8-9,16,18H,6-7H2,1-2H3,(H,26,27)/t16-/m1/s1. The van der Waals surface area contributed by atoms with Gasteiger partial charge < -0.3 is 14.3 Å². The number of nitrogens with one attached hydrogen (secondary N) is 1. The number of fused-ring (bicyclic) bond motifs is 2. The normalized spacial score (nSPS) is 16.6. The van der Waals surface area contributed by atoms with Crippen LogP contribution < -0.4 is 0 Å². The number of alkyl halides is 3. The number of imidazole rings is 1. The molecule has 8 nitrogen and oxygen atoms in total. The molecule has 1 atom stereocenters. The van der Waals surface area contributed by atoms with Crippen LogP contribution in [0.3, 0.4) is 0 Å². The molecular weight excluding hydrogens is 461 g/mol. The van der Waals surface area contributed by atoms with Crippen molar-refractivity contribution in [3.05, 3.63) is 70.2 Å². The molecule has 0 fully saturated rings. The van der Waals surface area contributed by atoms with Crippen LogP contribution in [0.1, 0.15) is 65.5 Å². The van der Waals surface area contributed by atoms with Crippen molar-refractivity contribution in [1.82, 2.24) is 29.5 Å². The third-order valence-electron chi connectivity index (χ3n) is 5.49. The first-order valence-corrected chi connectivity index (χ1v) is 10.5. The Morgan fingerprint density at radius 3 is 2.85 bits per heavy atom. The number of rotatable bonds is 4. The maximum Gasteiger partial charge on any atom is 0.292 e. The number of pyridine rings is 1. The lowest BCUT2D eigenvalue weighted by molar-refractivity contribution is 0.0630. The van der Waals surface area contributed by atoms with Crippen molar-refractivity contribution in [2.45, 2.75) is 38.4 Å². The molecule has 0 aliphatic carbocycles. The Balaban J connectivity index is 1.63. The second kappa shape index (κ2) is 7.62. The molecule has 0 saturated heterocycles. The van der Waals surface area contributed by atoms with E-state index in [1.807, 2.05) is 0 Å². The van der Waals surface area contributed by atoms with E-state index in [2.05, 4.69) is 20.1 Å². The molecule has 0 bridgehead atoms. The average Bonchev–Trinajstić information content (AvgIpc) is 3.49. The van der Waals surface area contributed by atoms with Gasteiger partial charge >= 0.3 is 0 Å². The van der Waals surface area contributed by atoms with Crippen LogP contribution in [0.25, 0.3) is 5.52 Å². The van der Waals surface area contributed by atoms with Gasteiger partial charge in [0, 0.05) is 18.7 Å². The number of halogens is 4. The first kappa shape index (κ1) is 21.5. The lowest BCUT2D eigenvalue weighted by Crippen LogP contribution is -2.41. The molecule has 5 rings (SSSR count). The minimum absolute atomic E-state index is 0.165. The van der Waals surface area contributed by atoms with E-state index in [0.29, 0.717) is 28.5 Å². The van der Waals surface area contributed by atoms with Crippen LogP contribution in [0.15, 0.2) is 35.0 Å². The van der Waals surface area contributed by atoms with Crippen LogP contribution >= 0.6 is 11.6 Å². The molecule has 0 radical (unpaired) electrons. The molecule has 5 heterocycles. The summed E-state index contributed by atoms with van der Waals surface area (Å²) in [7, 11) is 0. The highest BCUT2D eigenvalue weighted by atomic mass is 35.5. The van der Waals surface area contributed by atoms with Crippen molar-refractivity contribution in [2.75, 3.05) is 6.54 Å². The van der Waals surface area contributed by atoms with Gasteiger partial charge in [0.25, 0.3) is 12.3 Å². The summed E-state index contributed by atoms with van der Waals surface area (Å²) in [6.45, 7) is 2.39. The number of H-pyrrole nitrogens is 1. The Hall–Kier alpha value is -3.34. The maximum atomic E-state index is 14.4. The van der Waals surface area contributed by atoms with Crippen LogP contribution in [0.5, 0.6) is 0 Å². The highest BCUT2D eigenvalue weighted by molar-refractivity contribution is 6.29. The number of carbonyl (C=O) groups excluding carboxylic acids is 1. The van der Waals surface area contributed by atoms with E-state index in [0.717, 1.165) is 19.5 Å². The van der Waals surface area contributed by atoms with E-state index in [4.69, 9.17) is 16.0 Å². The van der Waals surface area contributed by atoms with Gasteiger partial charge in [-0.25, -0.2) is 27.7 Å². The van der Waals surface area contributed by atoms with E-state index in [1.165, 1.54) is 15.7 Å². The molecule has 1 amide bonds. The van der Waals surface area contributed by atoms with Gasteiger partial charge in [0.15, 0.2) is 11.4 Å². The number of hydrogen-bond donors (Lipinski definition) is 1. The number of aromatic amines is 1. The van der Waals surface area contributed by atoms with Crippen molar-refractivity contribution >= 4 is 23.0 Å². The highest BCUT2D eigenvalue weighted by Gasteiger charge is 2.41. The van der Waals surface area contributed by atoms with E-state index in [-0.39, 0.29) is 6.54 Å². The summed E-state index contributed by atoms with van der Waals surface area (Å²) >= 11 is 6.24. The molecule has 0 saturated carbocycles. The number of aromatic nitrogens is 5. The number of nitrogens with zero attached hydrogens (tertiary/aromatic N) is 5. The zero-order valence-electron chi connectivity index (χ0n) is 17.5. The second-order valence-electron chi connectivity index (χ2n) is 8.18. The summed E-state index contributed by atoms with van der Waals surface area (Å²) in [4.78, 5) is 25.8. The maximum absolute atomic E-state index is 14.4. The molecule has 12 heteroatoms. The third-order valence-corrected chi connectivity index (χ3v) is 5.77.